The quantitative estimate of drug-likeness (QED) is 0.475. The van der Waals surface area contributed by atoms with Crippen molar-refractivity contribution in [3.8, 4) is 11.5 Å². The second kappa shape index (κ2) is 11.5. The van der Waals surface area contributed by atoms with Crippen molar-refractivity contribution < 1.29 is 14.9 Å². The maximum absolute atomic E-state index is 10.2. The SMILES string of the molecule is CC[C@@](N)(CO)CCc1ccc(OCCC(C)CCCC(C)C)c(O)c1. The summed E-state index contributed by atoms with van der Waals surface area (Å²) in [5.41, 5.74) is 6.58. The van der Waals surface area contributed by atoms with Gasteiger partial charge in [-0.1, -0.05) is 53.0 Å². The number of aliphatic hydroxyl groups is 1. The normalized spacial score (nSPS) is 15.0. The highest BCUT2D eigenvalue weighted by atomic mass is 16.5. The number of phenols is 1. The lowest BCUT2D eigenvalue weighted by atomic mass is 9.90. The van der Waals surface area contributed by atoms with Crippen LogP contribution in [0.1, 0.15) is 71.8 Å². The Morgan fingerprint density at radius 2 is 1.88 bits per heavy atom. The fourth-order valence-corrected chi connectivity index (χ4v) is 2.99. The number of phenolic OH excluding ortho intramolecular Hbond substituents is 1. The van der Waals surface area contributed by atoms with Gasteiger partial charge in [-0.15, -0.1) is 0 Å². The van der Waals surface area contributed by atoms with E-state index in [0.717, 1.165) is 30.7 Å². The van der Waals surface area contributed by atoms with E-state index >= 15 is 0 Å². The van der Waals surface area contributed by atoms with Gasteiger partial charge in [0, 0.05) is 5.54 Å². The second-order valence-corrected chi connectivity index (χ2v) is 8.24. The summed E-state index contributed by atoms with van der Waals surface area (Å²) in [5.74, 6) is 2.13. The van der Waals surface area contributed by atoms with E-state index in [1.54, 1.807) is 6.07 Å². The Hall–Kier alpha value is -1.26. The van der Waals surface area contributed by atoms with Gasteiger partial charge < -0.3 is 20.7 Å². The molecule has 0 spiro atoms. The second-order valence-electron chi connectivity index (χ2n) is 8.24. The molecule has 0 fully saturated rings. The van der Waals surface area contributed by atoms with Gasteiger partial charge in [-0.25, -0.2) is 0 Å². The molecule has 2 atom stereocenters. The minimum atomic E-state index is -0.545. The Balaban J connectivity index is 2.40. The summed E-state index contributed by atoms with van der Waals surface area (Å²) in [4.78, 5) is 0. The number of nitrogens with two attached hydrogens (primary N) is 1. The van der Waals surface area contributed by atoms with E-state index in [2.05, 4.69) is 20.8 Å². The van der Waals surface area contributed by atoms with Crippen molar-refractivity contribution in [2.45, 2.75) is 78.2 Å². The third-order valence-electron chi connectivity index (χ3n) is 5.30. The first-order valence-corrected chi connectivity index (χ1v) is 10.1. The highest BCUT2D eigenvalue weighted by molar-refractivity contribution is 5.41. The van der Waals surface area contributed by atoms with Crippen molar-refractivity contribution in [3.63, 3.8) is 0 Å². The Kier molecular flexibility index (Phi) is 10.0. The standard InChI is InChI=1S/C22H39NO3/c1-5-22(23,16-24)13-11-19-9-10-21(20(25)15-19)26-14-12-18(4)8-6-7-17(2)3/h9-10,15,17-18,24-25H,5-8,11-14,16,23H2,1-4H3/t18?,22-/m0/s1. The zero-order valence-corrected chi connectivity index (χ0v) is 17.1. The Morgan fingerprint density at radius 3 is 2.46 bits per heavy atom. The Bertz CT molecular complexity index is 512. The van der Waals surface area contributed by atoms with E-state index in [1.165, 1.54) is 19.3 Å². The molecule has 0 saturated heterocycles. The molecule has 0 aliphatic heterocycles. The molecular weight excluding hydrogens is 326 g/mol. The van der Waals surface area contributed by atoms with Crippen LogP contribution in [0.4, 0.5) is 0 Å². The highest BCUT2D eigenvalue weighted by Gasteiger charge is 2.21. The molecule has 0 aliphatic carbocycles. The summed E-state index contributed by atoms with van der Waals surface area (Å²) in [5, 5.41) is 19.6. The predicted octanol–water partition coefficient (Wildman–Crippen LogP) is 4.66. The van der Waals surface area contributed by atoms with Gasteiger partial charge in [-0.05, 0) is 55.2 Å². The van der Waals surface area contributed by atoms with Crippen LogP contribution < -0.4 is 10.5 Å². The van der Waals surface area contributed by atoms with Gasteiger partial charge in [0.2, 0.25) is 0 Å². The van der Waals surface area contributed by atoms with Gasteiger partial charge >= 0.3 is 0 Å². The fourth-order valence-electron chi connectivity index (χ4n) is 2.99. The number of benzene rings is 1. The van der Waals surface area contributed by atoms with E-state index in [9.17, 15) is 10.2 Å². The minimum absolute atomic E-state index is 0.0218. The maximum atomic E-state index is 10.2. The molecule has 4 heteroatoms. The molecule has 1 rings (SSSR count). The molecule has 1 aromatic rings. The zero-order chi connectivity index (χ0) is 19.6. The fraction of sp³-hybridized carbons (Fsp3) is 0.727. The summed E-state index contributed by atoms with van der Waals surface area (Å²) in [6.07, 6.45) is 6.93. The van der Waals surface area contributed by atoms with Gasteiger partial charge in [0.15, 0.2) is 11.5 Å². The van der Waals surface area contributed by atoms with E-state index in [1.807, 2.05) is 19.1 Å². The average molecular weight is 366 g/mol. The van der Waals surface area contributed by atoms with Gasteiger partial charge in [0.05, 0.1) is 13.2 Å². The first-order chi connectivity index (χ1) is 12.3. The van der Waals surface area contributed by atoms with Crippen LogP contribution in [0.5, 0.6) is 11.5 Å². The molecule has 0 amide bonds. The van der Waals surface area contributed by atoms with Crippen LogP contribution in [0.25, 0.3) is 0 Å². The summed E-state index contributed by atoms with van der Waals surface area (Å²) in [7, 11) is 0. The lowest BCUT2D eigenvalue weighted by molar-refractivity contribution is 0.183. The van der Waals surface area contributed by atoms with E-state index in [4.69, 9.17) is 10.5 Å². The molecule has 0 aromatic heterocycles. The zero-order valence-electron chi connectivity index (χ0n) is 17.1. The van der Waals surface area contributed by atoms with Crippen LogP contribution in [-0.4, -0.2) is 29.0 Å². The molecule has 26 heavy (non-hydrogen) atoms. The molecule has 0 radical (unpaired) electrons. The van der Waals surface area contributed by atoms with Crippen LogP contribution in [0.15, 0.2) is 18.2 Å². The molecule has 150 valence electrons. The predicted molar refractivity (Wildman–Crippen MR) is 109 cm³/mol. The topological polar surface area (TPSA) is 75.7 Å². The minimum Gasteiger partial charge on any atom is -0.504 e. The van der Waals surface area contributed by atoms with Crippen molar-refractivity contribution in [2.24, 2.45) is 17.6 Å². The van der Waals surface area contributed by atoms with E-state index in [0.29, 0.717) is 24.7 Å². The van der Waals surface area contributed by atoms with Crippen LogP contribution in [0.2, 0.25) is 0 Å². The van der Waals surface area contributed by atoms with Crippen molar-refractivity contribution in [1.29, 1.82) is 0 Å². The largest absolute Gasteiger partial charge is 0.504 e. The highest BCUT2D eigenvalue weighted by Crippen LogP contribution is 2.28. The van der Waals surface area contributed by atoms with Crippen molar-refractivity contribution in [3.05, 3.63) is 23.8 Å². The number of aryl methyl sites for hydroxylation is 1. The van der Waals surface area contributed by atoms with Gasteiger partial charge in [-0.3, -0.25) is 0 Å². The lowest BCUT2D eigenvalue weighted by Crippen LogP contribution is -2.43. The molecule has 1 aromatic carbocycles. The first kappa shape index (κ1) is 22.8. The molecule has 0 bridgehead atoms. The van der Waals surface area contributed by atoms with Crippen LogP contribution in [0.3, 0.4) is 0 Å². The lowest BCUT2D eigenvalue weighted by Gasteiger charge is -2.25. The number of aromatic hydroxyl groups is 1. The van der Waals surface area contributed by atoms with Crippen molar-refractivity contribution >= 4 is 0 Å². The summed E-state index contributed by atoms with van der Waals surface area (Å²) < 4.78 is 5.76. The molecule has 4 nitrogen and oxygen atoms in total. The summed E-state index contributed by atoms with van der Waals surface area (Å²) in [6, 6.07) is 5.54. The molecule has 0 saturated carbocycles. The van der Waals surface area contributed by atoms with E-state index < -0.39 is 5.54 Å². The molecular formula is C22H39NO3. The summed E-state index contributed by atoms with van der Waals surface area (Å²) >= 11 is 0. The monoisotopic (exact) mass is 365 g/mol. The molecule has 0 heterocycles. The van der Waals surface area contributed by atoms with Crippen LogP contribution >= 0.6 is 0 Å². The summed E-state index contributed by atoms with van der Waals surface area (Å²) in [6.45, 7) is 9.38. The van der Waals surface area contributed by atoms with Crippen LogP contribution in [0, 0.1) is 11.8 Å². The Labute approximate surface area is 159 Å². The average Bonchev–Trinajstić information content (AvgIpc) is 2.61. The van der Waals surface area contributed by atoms with Crippen molar-refractivity contribution in [1.82, 2.24) is 0 Å². The van der Waals surface area contributed by atoms with Crippen molar-refractivity contribution in [2.75, 3.05) is 13.2 Å². The first-order valence-electron chi connectivity index (χ1n) is 10.1. The number of hydrogen-bond donors (Lipinski definition) is 3. The third-order valence-corrected chi connectivity index (χ3v) is 5.30. The Morgan fingerprint density at radius 1 is 1.15 bits per heavy atom. The molecule has 0 aliphatic rings. The van der Waals surface area contributed by atoms with Gasteiger partial charge in [0.1, 0.15) is 0 Å². The van der Waals surface area contributed by atoms with Gasteiger partial charge in [0.25, 0.3) is 0 Å². The number of rotatable bonds is 13. The van der Waals surface area contributed by atoms with Crippen LogP contribution in [-0.2, 0) is 6.42 Å². The number of ether oxygens (including phenoxy) is 1. The molecule has 1 unspecified atom stereocenters. The smallest absolute Gasteiger partial charge is 0.160 e. The number of aliphatic hydroxyl groups excluding tert-OH is 1. The maximum Gasteiger partial charge on any atom is 0.160 e. The van der Waals surface area contributed by atoms with E-state index in [-0.39, 0.29) is 12.4 Å². The van der Waals surface area contributed by atoms with Gasteiger partial charge in [-0.2, -0.15) is 0 Å². The third kappa shape index (κ3) is 8.41. The number of hydrogen-bond acceptors (Lipinski definition) is 4. The molecule has 4 N–H and O–H groups in total.